The summed E-state index contributed by atoms with van der Waals surface area (Å²) in [6, 6.07) is 0. The second-order valence-corrected chi connectivity index (χ2v) is 6.35. The van der Waals surface area contributed by atoms with Crippen LogP contribution in [-0.4, -0.2) is 58.0 Å². The second-order valence-electron chi connectivity index (χ2n) is 5.11. The van der Waals surface area contributed by atoms with E-state index in [-0.39, 0.29) is 6.61 Å². The Morgan fingerprint density at radius 2 is 2.00 bits per heavy atom. The molecule has 3 aliphatic rings. The van der Waals surface area contributed by atoms with Gasteiger partial charge in [0.15, 0.2) is 11.9 Å². The minimum absolute atomic E-state index is 0.282. The zero-order valence-corrected chi connectivity index (χ0v) is 11.8. The van der Waals surface area contributed by atoms with Crippen LogP contribution in [-0.2, 0) is 42.5 Å². The van der Waals surface area contributed by atoms with Crippen LogP contribution in [0.25, 0.3) is 0 Å². The van der Waals surface area contributed by atoms with Gasteiger partial charge in [0.1, 0.15) is 12.2 Å². The van der Waals surface area contributed by atoms with Crippen molar-refractivity contribution in [1.29, 1.82) is 0 Å². The lowest BCUT2D eigenvalue weighted by molar-refractivity contribution is -0.267. The highest BCUT2D eigenvalue weighted by Gasteiger charge is 2.72. The molecule has 10 heteroatoms. The summed E-state index contributed by atoms with van der Waals surface area (Å²) in [6.07, 6.45) is -2.90. The normalized spacial score (nSPS) is 44.6. The minimum Gasteiger partial charge on any atom is -0.465 e. The molecule has 0 radical (unpaired) electrons. The third-order valence-corrected chi connectivity index (χ3v) is 4.13. The summed E-state index contributed by atoms with van der Waals surface area (Å²) >= 11 is 0. The van der Waals surface area contributed by atoms with Gasteiger partial charge in [-0.2, -0.15) is 8.42 Å². The lowest BCUT2D eigenvalue weighted by Crippen LogP contribution is -2.49. The summed E-state index contributed by atoms with van der Waals surface area (Å²) in [4.78, 5) is 12.0. The highest BCUT2D eigenvalue weighted by molar-refractivity contribution is 7.81. The van der Waals surface area contributed by atoms with Crippen LogP contribution in [0.1, 0.15) is 13.8 Å². The third kappa shape index (κ3) is 1.95. The van der Waals surface area contributed by atoms with Crippen LogP contribution in [0.3, 0.4) is 0 Å². The van der Waals surface area contributed by atoms with Crippen molar-refractivity contribution in [3.05, 3.63) is 0 Å². The van der Waals surface area contributed by atoms with Gasteiger partial charge >= 0.3 is 22.2 Å². The maximum absolute atomic E-state index is 12.0. The zero-order valence-electron chi connectivity index (χ0n) is 11.0. The molecule has 0 spiro atoms. The van der Waals surface area contributed by atoms with E-state index in [1.54, 1.807) is 13.8 Å². The average molecular weight is 310 g/mol. The molecule has 0 aromatic carbocycles. The molecule has 20 heavy (non-hydrogen) atoms. The van der Waals surface area contributed by atoms with Crippen molar-refractivity contribution in [3.63, 3.8) is 0 Å². The largest absolute Gasteiger partial charge is 0.465 e. The lowest BCUT2D eigenvalue weighted by atomic mass is 10.1. The van der Waals surface area contributed by atoms with Gasteiger partial charge in [0.25, 0.3) is 0 Å². The van der Waals surface area contributed by atoms with E-state index >= 15 is 0 Å². The molecule has 3 saturated heterocycles. The summed E-state index contributed by atoms with van der Waals surface area (Å²) in [5.74, 6) is -3.81. The van der Waals surface area contributed by atoms with Crippen molar-refractivity contribution < 1.29 is 40.5 Å². The Hall–Kier alpha value is -0.780. The quantitative estimate of drug-likeness (QED) is 0.567. The SMILES string of the molecule is COC(=O)C12OC3COS(=O)(=O)OC3C1OC(C)(C)O2. The fraction of sp³-hybridized carbons (Fsp3) is 0.900. The van der Waals surface area contributed by atoms with Crippen LogP contribution in [0.2, 0.25) is 0 Å². The number of carbonyl (C=O) groups excluding carboxylic acids is 1. The molecule has 0 saturated carbocycles. The molecule has 0 aliphatic carbocycles. The van der Waals surface area contributed by atoms with E-state index < -0.39 is 46.3 Å². The van der Waals surface area contributed by atoms with Crippen LogP contribution in [0, 0.1) is 0 Å². The lowest BCUT2D eigenvalue weighted by Gasteiger charge is -2.28. The van der Waals surface area contributed by atoms with Crippen molar-refractivity contribution in [2.45, 2.75) is 43.7 Å². The van der Waals surface area contributed by atoms with Crippen LogP contribution < -0.4 is 0 Å². The third-order valence-electron chi connectivity index (χ3n) is 3.25. The van der Waals surface area contributed by atoms with Gasteiger partial charge in [0.2, 0.25) is 0 Å². The van der Waals surface area contributed by atoms with Gasteiger partial charge in [-0.15, -0.1) is 0 Å². The number of rotatable bonds is 1. The molecule has 3 rings (SSSR count). The number of carbonyl (C=O) groups is 1. The summed E-state index contributed by atoms with van der Waals surface area (Å²) in [6.45, 7) is 2.86. The van der Waals surface area contributed by atoms with Crippen molar-refractivity contribution in [2.75, 3.05) is 13.7 Å². The maximum Gasteiger partial charge on any atom is 0.400 e. The molecule has 9 nitrogen and oxygen atoms in total. The minimum atomic E-state index is -4.14. The van der Waals surface area contributed by atoms with Crippen molar-refractivity contribution in [3.8, 4) is 0 Å². The van der Waals surface area contributed by atoms with Crippen LogP contribution >= 0.6 is 0 Å². The first-order chi connectivity index (χ1) is 9.19. The first kappa shape index (κ1) is 14.2. The molecular weight excluding hydrogens is 296 g/mol. The van der Waals surface area contributed by atoms with Gasteiger partial charge < -0.3 is 18.9 Å². The summed E-state index contributed by atoms with van der Waals surface area (Å²) in [7, 11) is -2.97. The van der Waals surface area contributed by atoms with Gasteiger partial charge in [-0.3, -0.25) is 0 Å². The van der Waals surface area contributed by atoms with Crippen LogP contribution in [0.5, 0.6) is 0 Å². The van der Waals surface area contributed by atoms with E-state index in [2.05, 4.69) is 8.92 Å². The highest BCUT2D eigenvalue weighted by Crippen LogP contribution is 2.48. The summed E-state index contributed by atoms with van der Waals surface area (Å²) < 4.78 is 53.4. The molecule has 3 fully saturated rings. The molecule has 3 aliphatic heterocycles. The number of fused-ring (bicyclic) bond motifs is 3. The van der Waals surface area contributed by atoms with E-state index in [1.165, 1.54) is 7.11 Å². The van der Waals surface area contributed by atoms with Crippen LogP contribution in [0.4, 0.5) is 0 Å². The monoisotopic (exact) mass is 310 g/mol. The molecule has 0 bridgehead atoms. The molecule has 114 valence electrons. The Kier molecular flexibility index (Phi) is 2.92. The van der Waals surface area contributed by atoms with E-state index in [9.17, 15) is 13.2 Å². The first-order valence-corrected chi connectivity index (χ1v) is 7.24. The molecule has 0 amide bonds. The molecule has 0 aromatic rings. The Labute approximate surface area is 115 Å². The zero-order chi connectivity index (χ0) is 14.8. The van der Waals surface area contributed by atoms with Gasteiger partial charge in [0.05, 0.1) is 13.7 Å². The standard InChI is InChI=1S/C10H14O9S/c1-9(2)17-7-6-5(4-15-20(12,13)18-6)16-10(7,19-9)8(11)14-3/h5-7H,4H2,1-3H3. The van der Waals surface area contributed by atoms with E-state index in [4.69, 9.17) is 18.4 Å². The summed E-state index contributed by atoms with van der Waals surface area (Å²) in [5, 5.41) is 0. The van der Waals surface area contributed by atoms with Crippen molar-refractivity contribution in [2.24, 2.45) is 0 Å². The van der Waals surface area contributed by atoms with Crippen LogP contribution in [0.15, 0.2) is 0 Å². The van der Waals surface area contributed by atoms with Crippen molar-refractivity contribution >= 4 is 16.4 Å². The number of ether oxygens (including phenoxy) is 4. The first-order valence-electron chi connectivity index (χ1n) is 5.91. The smallest absolute Gasteiger partial charge is 0.400 e. The van der Waals surface area contributed by atoms with E-state index in [0.29, 0.717) is 0 Å². The number of methoxy groups -OCH3 is 1. The number of esters is 1. The average Bonchev–Trinajstić information content (AvgIpc) is 2.76. The predicted molar refractivity (Wildman–Crippen MR) is 59.4 cm³/mol. The highest BCUT2D eigenvalue weighted by atomic mass is 32.3. The molecule has 0 N–H and O–H groups in total. The van der Waals surface area contributed by atoms with E-state index in [1.807, 2.05) is 0 Å². The molecule has 4 unspecified atom stereocenters. The number of hydrogen-bond acceptors (Lipinski definition) is 9. The second kappa shape index (κ2) is 4.12. The van der Waals surface area contributed by atoms with Gasteiger partial charge in [-0.25, -0.2) is 13.2 Å². The molecular formula is C10H14O9S. The maximum atomic E-state index is 12.0. The molecule has 3 heterocycles. The van der Waals surface area contributed by atoms with Gasteiger partial charge in [-0.1, -0.05) is 0 Å². The fourth-order valence-corrected chi connectivity index (χ4v) is 3.45. The topological polar surface area (TPSA) is 107 Å². The Bertz CT molecular complexity index is 541. The molecule has 0 aromatic heterocycles. The van der Waals surface area contributed by atoms with E-state index in [0.717, 1.165) is 0 Å². The number of hydrogen-bond donors (Lipinski definition) is 0. The molecule has 4 atom stereocenters. The van der Waals surface area contributed by atoms with Crippen molar-refractivity contribution in [1.82, 2.24) is 0 Å². The van der Waals surface area contributed by atoms with Gasteiger partial charge in [-0.05, 0) is 13.8 Å². The Balaban J connectivity index is 1.99. The fourth-order valence-electron chi connectivity index (χ4n) is 2.60. The summed E-state index contributed by atoms with van der Waals surface area (Å²) in [5.41, 5.74) is 0. The predicted octanol–water partition coefficient (Wildman–Crippen LogP) is -0.934. The van der Waals surface area contributed by atoms with Gasteiger partial charge in [0, 0.05) is 0 Å². The Morgan fingerprint density at radius 1 is 1.30 bits per heavy atom. The Morgan fingerprint density at radius 3 is 2.65 bits per heavy atom.